The molecule has 2 aromatic carbocycles. The van der Waals surface area contributed by atoms with E-state index < -0.39 is 5.56 Å². The first-order valence-electron chi connectivity index (χ1n) is 12.8. The lowest BCUT2D eigenvalue weighted by molar-refractivity contribution is 0.0342. The molecule has 194 valence electrons. The molecule has 1 atom stereocenters. The molecule has 0 radical (unpaired) electrons. The van der Waals surface area contributed by atoms with Gasteiger partial charge in [-0.1, -0.05) is 36.1 Å². The molecule has 8 nitrogen and oxygen atoms in total. The molecule has 1 saturated heterocycles. The third kappa shape index (κ3) is 6.38. The second kappa shape index (κ2) is 11.9. The normalized spacial score (nSPS) is 14.6. The van der Waals surface area contributed by atoms with E-state index in [1.807, 2.05) is 25.3 Å². The summed E-state index contributed by atoms with van der Waals surface area (Å²) < 4.78 is 7.49. The van der Waals surface area contributed by atoms with E-state index in [2.05, 4.69) is 72.7 Å². The topological polar surface area (TPSA) is 96.3 Å². The molecule has 1 aliphatic rings. The van der Waals surface area contributed by atoms with Crippen molar-refractivity contribution in [3.05, 3.63) is 111 Å². The fourth-order valence-electron chi connectivity index (χ4n) is 4.63. The summed E-state index contributed by atoms with van der Waals surface area (Å²) >= 11 is 0. The van der Waals surface area contributed by atoms with Crippen LogP contribution in [0.15, 0.2) is 72.0 Å². The molecule has 8 heteroatoms. The first-order chi connectivity index (χ1) is 18.5. The van der Waals surface area contributed by atoms with Crippen molar-refractivity contribution in [1.29, 1.82) is 0 Å². The van der Waals surface area contributed by atoms with Gasteiger partial charge in [-0.15, -0.1) is 0 Å². The average molecular weight is 510 g/mol. The minimum atomic E-state index is -0.535. The van der Waals surface area contributed by atoms with E-state index in [1.54, 1.807) is 6.20 Å². The molecule has 2 N–H and O–H groups in total. The van der Waals surface area contributed by atoms with Crippen molar-refractivity contribution in [2.75, 3.05) is 26.3 Å². The van der Waals surface area contributed by atoms with Gasteiger partial charge in [0.1, 0.15) is 5.82 Å². The number of rotatable bonds is 7. The minimum absolute atomic E-state index is 0.0240. The standard InChI is InChI=1S/C30H31N5O3/c1-22-31-12-13-35(22)20-27(18-28-29(36)30(37)33-21-32-28)26-10-8-24(9-11-26)3-2-23-4-6-25(7-5-23)19-34-14-16-38-17-15-34/h4-13,21,27,36H,14-20H2,1H3,(H,32,33,37)/t27-/m1/s1. The molecule has 0 aliphatic carbocycles. The molecule has 4 aromatic rings. The molecule has 0 saturated carbocycles. The number of ether oxygens (including phenoxy) is 1. The number of H-pyrrole nitrogens is 1. The van der Waals surface area contributed by atoms with Crippen LogP contribution in [-0.2, 0) is 24.2 Å². The van der Waals surface area contributed by atoms with Gasteiger partial charge in [0, 0.05) is 62.0 Å². The van der Waals surface area contributed by atoms with E-state index in [1.165, 1.54) is 11.9 Å². The van der Waals surface area contributed by atoms with E-state index in [4.69, 9.17) is 4.74 Å². The summed E-state index contributed by atoms with van der Waals surface area (Å²) in [5, 5.41) is 10.2. The summed E-state index contributed by atoms with van der Waals surface area (Å²) in [6.07, 6.45) is 5.43. The number of nitrogens with one attached hydrogen (secondary N) is 1. The number of aryl methyl sites for hydroxylation is 1. The van der Waals surface area contributed by atoms with Gasteiger partial charge in [0.25, 0.3) is 5.56 Å². The van der Waals surface area contributed by atoms with Crippen LogP contribution >= 0.6 is 0 Å². The number of aromatic hydroxyl groups is 1. The van der Waals surface area contributed by atoms with Crippen molar-refractivity contribution in [2.24, 2.45) is 0 Å². The summed E-state index contributed by atoms with van der Waals surface area (Å²) in [6, 6.07) is 16.5. The van der Waals surface area contributed by atoms with Crippen molar-refractivity contribution >= 4 is 0 Å². The van der Waals surface area contributed by atoms with Crippen molar-refractivity contribution < 1.29 is 9.84 Å². The zero-order valence-electron chi connectivity index (χ0n) is 21.4. The molecule has 0 bridgehead atoms. The number of nitrogens with zero attached hydrogens (tertiary/aromatic N) is 4. The Morgan fingerprint density at radius 2 is 1.71 bits per heavy atom. The third-order valence-corrected chi connectivity index (χ3v) is 6.88. The van der Waals surface area contributed by atoms with Crippen LogP contribution in [0, 0.1) is 18.8 Å². The van der Waals surface area contributed by atoms with Gasteiger partial charge in [-0.2, -0.15) is 0 Å². The highest BCUT2D eigenvalue weighted by Gasteiger charge is 2.18. The van der Waals surface area contributed by atoms with Crippen LogP contribution in [0.5, 0.6) is 5.75 Å². The number of aromatic nitrogens is 4. The third-order valence-electron chi connectivity index (χ3n) is 6.88. The number of morpholine rings is 1. The highest BCUT2D eigenvalue weighted by molar-refractivity contribution is 5.44. The molecule has 5 rings (SSSR count). The average Bonchev–Trinajstić information content (AvgIpc) is 3.35. The van der Waals surface area contributed by atoms with E-state index in [-0.39, 0.29) is 11.7 Å². The quantitative estimate of drug-likeness (QED) is 0.372. The van der Waals surface area contributed by atoms with E-state index >= 15 is 0 Å². The van der Waals surface area contributed by atoms with Crippen LogP contribution in [0.2, 0.25) is 0 Å². The maximum Gasteiger partial charge on any atom is 0.293 e. The Morgan fingerprint density at radius 1 is 1.03 bits per heavy atom. The van der Waals surface area contributed by atoms with Crippen molar-refractivity contribution in [2.45, 2.75) is 32.4 Å². The highest BCUT2D eigenvalue weighted by atomic mass is 16.5. The van der Waals surface area contributed by atoms with Crippen LogP contribution in [0.3, 0.4) is 0 Å². The molecule has 0 spiro atoms. The minimum Gasteiger partial charge on any atom is -0.502 e. The van der Waals surface area contributed by atoms with Gasteiger partial charge in [-0.25, -0.2) is 9.97 Å². The summed E-state index contributed by atoms with van der Waals surface area (Å²) in [5.41, 5.74) is 4.08. The summed E-state index contributed by atoms with van der Waals surface area (Å²) in [7, 11) is 0. The SMILES string of the molecule is Cc1nccn1C[C@@H](Cc1nc[nH]c(=O)c1O)c1ccc(C#Cc2ccc(CN3CCOCC3)cc2)cc1. The highest BCUT2D eigenvalue weighted by Crippen LogP contribution is 2.25. The molecule has 0 unspecified atom stereocenters. The summed E-state index contributed by atoms with van der Waals surface area (Å²) in [4.78, 5) is 25.2. The zero-order valence-corrected chi connectivity index (χ0v) is 21.4. The van der Waals surface area contributed by atoms with Crippen molar-refractivity contribution in [3.8, 4) is 17.6 Å². The van der Waals surface area contributed by atoms with Gasteiger partial charge in [-0.3, -0.25) is 9.69 Å². The van der Waals surface area contributed by atoms with Crippen LogP contribution in [0.4, 0.5) is 0 Å². The molecule has 0 amide bonds. The second-order valence-electron chi connectivity index (χ2n) is 9.51. The molecule has 2 aromatic heterocycles. The van der Waals surface area contributed by atoms with Gasteiger partial charge in [0.2, 0.25) is 5.75 Å². The molecule has 3 heterocycles. The predicted molar refractivity (Wildman–Crippen MR) is 145 cm³/mol. The lowest BCUT2D eigenvalue weighted by Crippen LogP contribution is -2.35. The smallest absolute Gasteiger partial charge is 0.293 e. The molecule has 38 heavy (non-hydrogen) atoms. The molecule has 1 fully saturated rings. The Bertz CT molecular complexity index is 1470. The fraction of sp³-hybridized carbons (Fsp3) is 0.300. The second-order valence-corrected chi connectivity index (χ2v) is 9.51. The van der Waals surface area contributed by atoms with Gasteiger partial charge >= 0.3 is 0 Å². The van der Waals surface area contributed by atoms with Gasteiger partial charge in [0.15, 0.2) is 0 Å². The zero-order chi connectivity index (χ0) is 26.3. The van der Waals surface area contributed by atoms with Crippen LogP contribution in [-0.4, -0.2) is 55.8 Å². The number of imidazole rings is 1. The Balaban J connectivity index is 1.30. The Hall–Kier alpha value is -4.19. The monoisotopic (exact) mass is 509 g/mol. The number of benzene rings is 2. The Labute approximate surface area is 222 Å². The number of hydrogen-bond donors (Lipinski definition) is 2. The van der Waals surface area contributed by atoms with Gasteiger partial charge in [-0.05, 0) is 42.3 Å². The summed E-state index contributed by atoms with van der Waals surface area (Å²) in [5.74, 6) is 7.06. The van der Waals surface area contributed by atoms with Crippen LogP contribution in [0.1, 0.15) is 39.7 Å². The Morgan fingerprint density at radius 3 is 2.37 bits per heavy atom. The maximum atomic E-state index is 11.9. The van der Waals surface area contributed by atoms with E-state index in [0.29, 0.717) is 18.7 Å². The fourth-order valence-corrected chi connectivity index (χ4v) is 4.63. The van der Waals surface area contributed by atoms with Crippen molar-refractivity contribution in [1.82, 2.24) is 24.4 Å². The number of aromatic amines is 1. The molecular weight excluding hydrogens is 478 g/mol. The molecule has 1 aliphatic heterocycles. The number of hydrogen-bond acceptors (Lipinski definition) is 6. The molecular formula is C30H31N5O3. The Kier molecular flexibility index (Phi) is 7.98. The van der Waals surface area contributed by atoms with Crippen molar-refractivity contribution in [3.63, 3.8) is 0 Å². The van der Waals surface area contributed by atoms with E-state index in [9.17, 15) is 9.90 Å². The lowest BCUT2D eigenvalue weighted by Gasteiger charge is -2.26. The van der Waals surface area contributed by atoms with Gasteiger partial charge < -0.3 is 19.4 Å². The van der Waals surface area contributed by atoms with E-state index in [0.717, 1.165) is 55.4 Å². The first-order valence-corrected chi connectivity index (χ1v) is 12.8. The largest absolute Gasteiger partial charge is 0.502 e. The van der Waals surface area contributed by atoms with Crippen LogP contribution < -0.4 is 5.56 Å². The summed E-state index contributed by atoms with van der Waals surface area (Å²) in [6.45, 7) is 7.08. The predicted octanol–water partition coefficient (Wildman–Crippen LogP) is 3.24. The lowest BCUT2D eigenvalue weighted by atomic mass is 9.92. The van der Waals surface area contributed by atoms with Gasteiger partial charge in [0.05, 0.1) is 25.2 Å². The first kappa shape index (κ1) is 25.5. The van der Waals surface area contributed by atoms with Crippen LogP contribution in [0.25, 0.3) is 0 Å². The maximum absolute atomic E-state index is 11.9.